The average Bonchev–Trinajstić information content (AvgIpc) is 2.51. The largest absolute Gasteiger partial charge is 0.481 e. The molecule has 0 saturated carbocycles. The molecule has 5 nitrogen and oxygen atoms in total. The van der Waals surface area contributed by atoms with E-state index in [-0.39, 0.29) is 12.0 Å². The van der Waals surface area contributed by atoms with Gasteiger partial charge in [0.05, 0.1) is 5.92 Å². The minimum absolute atomic E-state index is 0.255. The monoisotopic (exact) mass is 461 g/mol. The molecule has 0 aromatic heterocycles. The highest BCUT2D eigenvalue weighted by atomic mass is 79.9. The molecule has 3 atom stereocenters. The van der Waals surface area contributed by atoms with Gasteiger partial charge in [0, 0.05) is 15.5 Å². The maximum absolute atomic E-state index is 12.3. The van der Waals surface area contributed by atoms with Crippen LogP contribution in [0.1, 0.15) is 53.0 Å². The zero-order chi connectivity index (χ0) is 20.8. The first kappa shape index (κ1) is 23.8. The van der Waals surface area contributed by atoms with Crippen LogP contribution in [-0.2, 0) is 16.0 Å². The quantitative estimate of drug-likeness (QED) is 0.521. The Labute approximate surface area is 174 Å². The Hall–Kier alpha value is -1.27. The van der Waals surface area contributed by atoms with Crippen molar-refractivity contribution in [3.63, 3.8) is 0 Å². The summed E-state index contributed by atoms with van der Waals surface area (Å²) in [5.74, 6) is -1.66. The number of aryl methyl sites for hydroxylation is 1. The van der Waals surface area contributed by atoms with E-state index in [9.17, 15) is 14.7 Å². The molecule has 0 fully saturated rings. The molecule has 3 unspecified atom stereocenters. The molecule has 0 spiro atoms. The van der Waals surface area contributed by atoms with Crippen molar-refractivity contribution in [3.05, 3.63) is 33.3 Å². The van der Waals surface area contributed by atoms with Gasteiger partial charge in [0.2, 0.25) is 0 Å². The highest BCUT2D eigenvalue weighted by Gasteiger charge is 2.31. The fourth-order valence-electron chi connectivity index (χ4n) is 3.01. The van der Waals surface area contributed by atoms with Gasteiger partial charge in [-0.25, -0.2) is 4.79 Å². The molecule has 0 aliphatic carbocycles. The molecule has 1 aromatic carbocycles. The fourth-order valence-corrected chi connectivity index (χ4v) is 3.78. The Morgan fingerprint density at radius 2 is 1.96 bits per heavy atom. The predicted molar refractivity (Wildman–Crippen MR) is 111 cm³/mol. The van der Waals surface area contributed by atoms with Crippen molar-refractivity contribution in [1.29, 1.82) is 0 Å². The average molecular weight is 463 g/mol. The number of nitrogens with one attached hydrogen (secondary N) is 1. The number of hydrogen-bond donors (Lipinski definition) is 2. The lowest BCUT2D eigenvalue weighted by Gasteiger charge is -2.30. The molecule has 0 heterocycles. The highest BCUT2D eigenvalue weighted by molar-refractivity contribution is 9.10. The molecule has 0 radical (unpaired) electrons. The van der Waals surface area contributed by atoms with Crippen LogP contribution in [0.2, 0.25) is 5.02 Å². The van der Waals surface area contributed by atoms with Crippen molar-refractivity contribution >= 4 is 39.6 Å². The number of hydrogen-bond acceptors (Lipinski definition) is 3. The van der Waals surface area contributed by atoms with Crippen LogP contribution >= 0.6 is 27.5 Å². The molecule has 1 rings (SSSR count). The van der Waals surface area contributed by atoms with Crippen molar-refractivity contribution in [2.75, 3.05) is 0 Å². The number of ether oxygens (including phenoxy) is 1. The molecule has 27 heavy (non-hydrogen) atoms. The van der Waals surface area contributed by atoms with Gasteiger partial charge in [0.1, 0.15) is 5.60 Å². The topological polar surface area (TPSA) is 75.6 Å². The van der Waals surface area contributed by atoms with Crippen molar-refractivity contribution in [2.45, 2.75) is 65.5 Å². The Morgan fingerprint density at radius 1 is 1.33 bits per heavy atom. The predicted octanol–water partition coefficient (Wildman–Crippen LogP) is 5.68. The SMILES string of the molecule is CCC(C(=O)O)C(C)C(CCc1ccc(Br)cc1Cl)NC(=O)OC(C)(C)C. The van der Waals surface area contributed by atoms with Gasteiger partial charge >= 0.3 is 12.1 Å². The molecule has 0 aliphatic heterocycles. The van der Waals surface area contributed by atoms with Crippen LogP contribution in [-0.4, -0.2) is 28.8 Å². The second kappa shape index (κ2) is 10.3. The number of aliphatic carboxylic acids is 1. The van der Waals surface area contributed by atoms with Crippen LogP contribution < -0.4 is 5.32 Å². The third-order valence-electron chi connectivity index (χ3n) is 4.47. The second-order valence-corrected chi connectivity index (χ2v) is 9.06. The van der Waals surface area contributed by atoms with E-state index < -0.39 is 23.6 Å². The Bertz CT molecular complexity index is 660. The summed E-state index contributed by atoms with van der Waals surface area (Å²) >= 11 is 9.67. The van der Waals surface area contributed by atoms with E-state index in [1.807, 2.05) is 32.0 Å². The Balaban J connectivity index is 2.95. The Kier molecular flexibility index (Phi) is 9.09. The number of carbonyl (C=O) groups excluding carboxylic acids is 1. The van der Waals surface area contributed by atoms with Crippen molar-refractivity contribution in [3.8, 4) is 0 Å². The number of rotatable bonds is 8. The van der Waals surface area contributed by atoms with Gasteiger partial charge in [-0.15, -0.1) is 0 Å². The summed E-state index contributed by atoms with van der Waals surface area (Å²) in [6.07, 6.45) is 1.13. The van der Waals surface area contributed by atoms with Gasteiger partial charge in [-0.2, -0.15) is 0 Å². The van der Waals surface area contributed by atoms with E-state index in [4.69, 9.17) is 16.3 Å². The van der Waals surface area contributed by atoms with Crippen LogP contribution in [0.25, 0.3) is 0 Å². The number of carbonyl (C=O) groups is 2. The van der Waals surface area contributed by atoms with E-state index >= 15 is 0 Å². The van der Waals surface area contributed by atoms with E-state index in [0.29, 0.717) is 24.3 Å². The van der Waals surface area contributed by atoms with Crippen molar-refractivity contribution in [1.82, 2.24) is 5.32 Å². The zero-order valence-corrected chi connectivity index (χ0v) is 18.9. The molecule has 0 aliphatic rings. The van der Waals surface area contributed by atoms with Crippen LogP contribution in [0, 0.1) is 11.8 Å². The number of carboxylic acid groups (broad SMARTS) is 1. The Morgan fingerprint density at radius 3 is 2.44 bits per heavy atom. The first-order valence-corrected chi connectivity index (χ1v) is 10.3. The minimum Gasteiger partial charge on any atom is -0.481 e. The third-order valence-corrected chi connectivity index (χ3v) is 5.31. The van der Waals surface area contributed by atoms with Crippen LogP contribution in [0.4, 0.5) is 4.79 Å². The summed E-state index contributed by atoms with van der Waals surface area (Å²) in [7, 11) is 0. The van der Waals surface area contributed by atoms with Gasteiger partial charge in [-0.1, -0.05) is 47.4 Å². The van der Waals surface area contributed by atoms with Gasteiger partial charge < -0.3 is 15.2 Å². The summed E-state index contributed by atoms with van der Waals surface area (Å²) in [5.41, 5.74) is 0.329. The molecular weight excluding hydrogens is 434 g/mol. The molecule has 0 bridgehead atoms. The fraction of sp³-hybridized carbons (Fsp3) is 0.600. The minimum atomic E-state index is -0.859. The maximum Gasteiger partial charge on any atom is 0.407 e. The molecule has 7 heteroatoms. The number of halogens is 2. The second-order valence-electron chi connectivity index (χ2n) is 7.74. The number of benzene rings is 1. The normalized spacial score (nSPS) is 14.9. The van der Waals surface area contributed by atoms with E-state index in [2.05, 4.69) is 21.2 Å². The molecular formula is C20H29BrClNO4. The lowest BCUT2D eigenvalue weighted by atomic mass is 9.83. The first-order chi connectivity index (χ1) is 12.4. The van der Waals surface area contributed by atoms with Gasteiger partial charge in [-0.05, 0) is 63.6 Å². The molecule has 152 valence electrons. The summed E-state index contributed by atoms with van der Waals surface area (Å²) in [6, 6.07) is 5.31. The van der Waals surface area contributed by atoms with Gasteiger partial charge in [0.15, 0.2) is 0 Å². The summed E-state index contributed by atoms with van der Waals surface area (Å²) in [4.78, 5) is 23.9. The summed E-state index contributed by atoms with van der Waals surface area (Å²) < 4.78 is 6.25. The number of carboxylic acids is 1. The molecule has 2 N–H and O–H groups in total. The van der Waals surface area contributed by atoms with Crippen LogP contribution in [0.3, 0.4) is 0 Å². The van der Waals surface area contributed by atoms with Gasteiger partial charge in [0.25, 0.3) is 0 Å². The smallest absolute Gasteiger partial charge is 0.407 e. The first-order valence-electron chi connectivity index (χ1n) is 9.10. The summed E-state index contributed by atoms with van der Waals surface area (Å²) in [6.45, 7) is 9.06. The van der Waals surface area contributed by atoms with E-state index in [1.54, 1.807) is 20.8 Å². The molecule has 1 aromatic rings. The van der Waals surface area contributed by atoms with Crippen LogP contribution in [0.15, 0.2) is 22.7 Å². The van der Waals surface area contributed by atoms with E-state index in [1.165, 1.54) is 0 Å². The third kappa shape index (κ3) is 8.09. The lowest BCUT2D eigenvalue weighted by molar-refractivity contribution is -0.144. The maximum atomic E-state index is 12.3. The molecule has 1 amide bonds. The van der Waals surface area contributed by atoms with Gasteiger partial charge in [-0.3, -0.25) is 4.79 Å². The zero-order valence-electron chi connectivity index (χ0n) is 16.5. The van der Waals surface area contributed by atoms with Crippen molar-refractivity contribution < 1.29 is 19.4 Å². The number of amides is 1. The summed E-state index contributed by atoms with van der Waals surface area (Å²) in [5, 5.41) is 13.0. The highest BCUT2D eigenvalue weighted by Crippen LogP contribution is 2.26. The number of alkyl carbamates (subject to hydrolysis) is 1. The lowest BCUT2D eigenvalue weighted by Crippen LogP contribution is -2.45. The van der Waals surface area contributed by atoms with Crippen molar-refractivity contribution in [2.24, 2.45) is 11.8 Å². The standard InChI is InChI=1S/C20H29BrClNO4/c1-6-15(18(24)25)12(2)17(23-19(26)27-20(3,4)5)10-8-13-7-9-14(21)11-16(13)22/h7,9,11-12,15,17H,6,8,10H2,1-5H3,(H,23,26)(H,24,25). The van der Waals surface area contributed by atoms with E-state index in [0.717, 1.165) is 10.0 Å². The molecule has 0 saturated heterocycles. The van der Waals surface area contributed by atoms with Crippen LogP contribution in [0.5, 0.6) is 0 Å².